The van der Waals surface area contributed by atoms with Crippen LogP contribution in [0.2, 0.25) is 0 Å². The third-order valence-corrected chi connectivity index (χ3v) is 6.12. The first-order chi connectivity index (χ1) is 13.9. The van der Waals surface area contributed by atoms with Gasteiger partial charge in [-0.1, -0.05) is 23.8 Å². The second kappa shape index (κ2) is 7.96. The molecule has 0 radical (unpaired) electrons. The summed E-state index contributed by atoms with van der Waals surface area (Å²) in [5.41, 5.74) is -4.80. The van der Waals surface area contributed by atoms with Crippen molar-refractivity contribution < 1.29 is 47.8 Å². The molecule has 13 heteroatoms. The maximum absolute atomic E-state index is 12.6. The number of ether oxygens (including phenoxy) is 2. The van der Waals surface area contributed by atoms with Gasteiger partial charge in [0.15, 0.2) is 17.6 Å². The molecule has 30 heavy (non-hydrogen) atoms. The van der Waals surface area contributed by atoms with Gasteiger partial charge in [-0.05, 0) is 31.2 Å². The van der Waals surface area contributed by atoms with E-state index in [1.165, 1.54) is 24.3 Å². The van der Waals surface area contributed by atoms with Gasteiger partial charge >= 0.3 is 15.6 Å². The maximum atomic E-state index is 12.6. The van der Waals surface area contributed by atoms with Crippen LogP contribution in [0.15, 0.2) is 47.4 Å². The van der Waals surface area contributed by atoms with Crippen molar-refractivity contribution in [3.05, 3.63) is 48.0 Å². The van der Waals surface area contributed by atoms with Gasteiger partial charge in [-0.3, -0.25) is 4.18 Å². The Balaban J connectivity index is 1.75. The normalized spacial score (nSPS) is 16.9. The zero-order chi connectivity index (χ0) is 22.2. The molecule has 0 spiro atoms. The van der Waals surface area contributed by atoms with E-state index >= 15 is 0 Å². The quantitative estimate of drug-likeness (QED) is 0.471. The van der Waals surface area contributed by atoms with Crippen LogP contribution in [0.3, 0.4) is 0 Å². The van der Waals surface area contributed by atoms with Crippen LogP contribution in [0.25, 0.3) is 0 Å². The predicted octanol–water partition coefficient (Wildman–Crippen LogP) is 2.77. The van der Waals surface area contributed by atoms with Gasteiger partial charge in [0.25, 0.3) is 10.1 Å². The third kappa shape index (κ3) is 4.79. The van der Waals surface area contributed by atoms with E-state index in [9.17, 15) is 30.0 Å². The minimum Gasteiger partial charge on any atom is -0.486 e. The van der Waals surface area contributed by atoms with Crippen LogP contribution in [-0.4, -0.2) is 41.7 Å². The van der Waals surface area contributed by atoms with E-state index in [2.05, 4.69) is 4.18 Å². The van der Waals surface area contributed by atoms with E-state index < -0.39 is 50.0 Å². The Morgan fingerprint density at radius 2 is 1.73 bits per heavy atom. The number of hydrogen-bond acceptors (Lipinski definition) is 8. The van der Waals surface area contributed by atoms with Gasteiger partial charge in [-0.2, -0.15) is 30.0 Å². The van der Waals surface area contributed by atoms with Crippen molar-refractivity contribution in [2.45, 2.75) is 23.4 Å². The molecule has 1 aliphatic heterocycles. The first-order valence-electron chi connectivity index (χ1n) is 8.28. The van der Waals surface area contributed by atoms with Crippen molar-refractivity contribution in [2.75, 3.05) is 13.2 Å². The number of rotatable bonds is 6. The lowest BCUT2D eigenvalue weighted by molar-refractivity contribution is -0.0501. The van der Waals surface area contributed by atoms with Crippen molar-refractivity contribution in [3.63, 3.8) is 0 Å². The Hall–Kier alpha value is -2.51. The van der Waals surface area contributed by atoms with E-state index in [0.717, 1.165) is 11.6 Å². The molecule has 0 aliphatic carbocycles. The monoisotopic (exact) mass is 468 g/mol. The van der Waals surface area contributed by atoms with Crippen molar-refractivity contribution in [2.24, 2.45) is 0 Å². The van der Waals surface area contributed by atoms with Crippen molar-refractivity contribution >= 4 is 20.2 Å². The van der Waals surface area contributed by atoms with E-state index in [1.807, 2.05) is 0 Å². The summed E-state index contributed by atoms with van der Waals surface area (Å²) in [7, 11) is -10.1. The minimum absolute atomic E-state index is 0.0671. The number of halogens is 3. The molecule has 0 unspecified atom stereocenters. The van der Waals surface area contributed by atoms with Gasteiger partial charge in [0.1, 0.15) is 13.2 Å². The fraction of sp³-hybridized carbons (Fsp3) is 0.294. The summed E-state index contributed by atoms with van der Waals surface area (Å²) in [6.07, 6.45) is -1.06. The summed E-state index contributed by atoms with van der Waals surface area (Å²) in [4.78, 5) is -0.0921. The highest BCUT2D eigenvalue weighted by atomic mass is 32.2. The summed E-state index contributed by atoms with van der Waals surface area (Å²) in [6, 6.07) is 9.34. The Labute approximate surface area is 170 Å². The third-order valence-electron chi connectivity index (χ3n) is 3.85. The Morgan fingerprint density at radius 1 is 1.07 bits per heavy atom. The average Bonchev–Trinajstić information content (AvgIpc) is 2.66. The maximum Gasteiger partial charge on any atom is 0.534 e. The standard InChI is InChI=1S/C17H15F3O8S2/c1-11-5-7-13(8-6-11)29(21,22)26-10-12-9-25-14-3-2-4-15(16(14)27-12)28-30(23,24)17(18,19)20/h2-8,12H,9-10H2,1H3/t12-/m1/s1. The molecule has 3 rings (SSSR count). The van der Waals surface area contributed by atoms with E-state index in [1.54, 1.807) is 19.1 Å². The van der Waals surface area contributed by atoms with Crippen LogP contribution in [0.4, 0.5) is 13.2 Å². The largest absolute Gasteiger partial charge is 0.534 e. The zero-order valence-corrected chi connectivity index (χ0v) is 16.9. The molecule has 2 aromatic rings. The lowest BCUT2D eigenvalue weighted by Gasteiger charge is -2.27. The first kappa shape index (κ1) is 22.2. The van der Waals surface area contributed by atoms with Crippen LogP contribution in [0.5, 0.6) is 17.2 Å². The fourth-order valence-corrected chi connectivity index (χ4v) is 3.76. The molecule has 0 amide bonds. The molecular formula is C17H15F3O8S2. The average molecular weight is 468 g/mol. The van der Waals surface area contributed by atoms with Crippen LogP contribution in [0, 0.1) is 6.92 Å². The second-order valence-electron chi connectivity index (χ2n) is 6.17. The molecule has 0 saturated heterocycles. The smallest absolute Gasteiger partial charge is 0.486 e. The van der Waals surface area contributed by atoms with Gasteiger partial charge in [-0.15, -0.1) is 0 Å². The summed E-state index contributed by atoms with van der Waals surface area (Å²) in [5, 5.41) is 0. The van der Waals surface area contributed by atoms with E-state index in [0.29, 0.717) is 0 Å². The molecule has 0 N–H and O–H groups in total. The number of alkyl halides is 3. The van der Waals surface area contributed by atoms with Gasteiger partial charge in [-0.25, -0.2) is 0 Å². The van der Waals surface area contributed by atoms with E-state index in [4.69, 9.17) is 13.7 Å². The molecule has 2 aromatic carbocycles. The Kier molecular flexibility index (Phi) is 5.89. The summed E-state index contributed by atoms with van der Waals surface area (Å²) in [5.74, 6) is -1.24. The first-order valence-corrected chi connectivity index (χ1v) is 11.1. The number of para-hydroxylation sites is 1. The summed E-state index contributed by atoms with van der Waals surface area (Å²) >= 11 is 0. The minimum atomic E-state index is -5.94. The number of fused-ring (bicyclic) bond motifs is 1. The van der Waals surface area contributed by atoms with Gasteiger partial charge in [0, 0.05) is 0 Å². The SMILES string of the molecule is Cc1ccc(S(=O)(=O)OC[C@H]2COc3cccc(OS(=O)(=O)C(F)(F)F)c3O2)cc1. The fourth-order valence-electron chi connectivity index (χ4n) is 2.36. The number of hydrogen-bond donors (Lipinski definition) is 0. The lowest BCUT2D eigenvalue weighted by atomic mass is 10.2. The highest BCUT2D eigenvalue weighted by Gasteiger charge is 2.49. The molecule has 8 nitrogen and oxygen atoms in total. The van der Waals surface area contributed by atoms with E-state index in [-0.39, 0.29) is 17.3 Å². The summed E-state index contributed by atoms with van der Waals surface area (Å²) < 4.78 is 105. The topological polar surface area (TPSA) is 105 Å². The van der Waals surface area contributed by atoms with Crippen LogP contribution in [-0.2, 0) is 24.4 Å². The molecule has 0 fully saturated rings. The highest BCUT2D eigenvalue weighted by Crippen LogP contribution is 2.42. The molecule has 1 atom stereocenters. The van der Waals surface area contributed by atoms with Gasteiger partial charge < -0.3 is 13.7 Å². The molecular weight excluding hydrogens is 453 g/mol. The van der Waals surface area contributed by atoms with Crippen LogP contribution < -0.4 is 13.7 Å². The Morgan fingerprint density at radius 3 is 2.37 bits per heavy atom. The van der Waals surface area contributed by atoms with Gasteiger partial charge in [0.05, 0.1) is 4.90 Å². The van der Waals surface area contributed by atoms with Crippen molar-refractivity contribution in [1.29, 1.82) is 0 Å². The summed E-state index contributed by atoms with van der Waals surface area (Å²) in [6.45, 7) is 1.06. The van der Waals surface area contributed by atoms with Crippen molar-refractivity contribution in [1.82, 2.24) is 0 Å². The van der Waals surface area contributed by atoms with Crippen LogP contribution >= 0.6 is 0 Å². The highest BCUT2D eigenvalue weighted by molar-refractivity contribution is 7.88. The van der Waals surface area contributed by atoms with Crippen molar-refractivity contribution in [3.8, 4) is 17.2 Å². The molecule has 0 bridgehead atoms. The predicted molar refractivity (Wildman–Crippen MR) is 96.3 cm³/mol. The second-order valence-corrected chi connectivity index (χ2v) is 9.32. The molecule has 164 valence electrons. The molecule has 1 heterocycles. The zero-order valence-electron chi connectivity index (χ0n) is 15.2. The number of aryl methyl sites for hydroxylation is 1. The van der Waals surface area contributed by atoms with Gasteiger partial charge in [0.2, 0.25) is 5.75 Å². The Bertz CT molecular complexity index is 1130. The lowest BCUT2D eigenvalue weighted by Crippen LogP contribution is -2.35. The molecule has 0 aromatic heterocycles. The number of benzene rings is 2. The molecule has 0 saturated carbocycles. The van der Waals surface area contributed by atoms with Crippen LogP contribution in [0.1, 0.15) is 5.56 Å². The molecule has 1 aliphatic rings.